The Bertz CT molecular complexity index is 170. The van der Waals surface area contributed by atoms with Gasteiger partial charge in [0.25, 0.3) is 0 Å². The zero-order chi connectivity index (χ0) is 9.56. The Labute approximate surface area is 71.3 Å². The summed E-state index contributed by atoms with van der Waals surface area (Å²) in [7, 11) is 2.80. The number of ether oxygens (including phenoxy) is 1. The summed E-state index contributed by atoms with van der Waals surface area (Å²) in [5, 5.41) is 2.39. The van der Waals surface area contributed by atoms with E-state index in [1.807, 2.05) is 0 Å². The molecular formula is C7H14N2O3. The average molecular weight is 174 g/mol. The van der Waals surface area contributed by atoms with Gasteiger partial charge in [-0.25, -0.2) is 0 Å². The van der Waals surface area contributed by atoms with Gasteiger partial charge >= 0.3 is 5.97 Å². The van der Waals surface area contributed by atoms with Crippen LogP contribution in [0.15, 0.2) is 0 Å². The van der Waals surface area contributed by atoms with E-state index in [0.29, 0.717) is 6.42 Å². The number of hydrogen-bond donors (Lipinski definition) is 2. The van der Waals surface area contributed by atoms with E-state index in [9.17, 15) is 9.59 Å². The largest absolute Gasteiger partial charge is 0.469 e. The Kier molecular flexibility index (Phi) is 5.03. The van der Waals surface area contributed by atoms with Gasteiger partial charge in [-0.15, -0.1) is 0 Å². The Morgan fingerprint density at radius 2 is 2.17 bits per heavy atom. The van der Waals surface area contributed by atoms with Crippen molar-refractivity contribution >= 4 is 11.9 Å². The molecule has 0 aromatic heterocycles. The summed E-state index contributed by atoms with van der Waals surface area (Å²) >= 11 is 0. The summed E-state index contributed by atoms with van der Waals surface area (Å²) in [5.41, 5.74) is 5.41. The van der Waals surface area contributed by atoms with Gasteiger partial charge in [0.15, 0.2) is 0 Å². The molecule has 5 nitrogen and oxygen atoms in total. The molecule has 0 aliphatic rings. The maximum Gasteiger partial charge on any atom is 0.305 e. The maximum absolute atomic E-state index is 10.8. The lowest BCUT2D eigenvalue weighted by atomic mass is 10.1. The second-order valence-electron chi connectivity index (χ2n) is 2.34. The number of rotatable bonds is 4. The number of carbonyl (C=O) groups excluding carboxylic acids is 2. The Hall–Kier alpha value is -1.10. The molecule has 0 aromatic rings. The summed E-state index contributed by atoms with van der Waals surface area (Å²) in [5.74, 6) is -0.617. The quantitative estimate of drug-likeness (QED) is 0.536. The first-order valence-corrected chi connectivity index (χ1v) is 3.65. The molecule has 1 amide bonds. The van der Waals surface area contributed by atoms with Gasteiger partial charge in [-0.3, -0.25) is 9.59 Å². The van der Waals surface area contributed by atoms with Crippen LogP contribution in [0.2, 0.25) is 0 Å². The molecule has 0 saturated carbocycles. The fraction of sp³-hybridized carbons (Fsp3) is 0.714. The van der Waals surface area contributed by atoms with E-state index < -0.39 is 6.04 Å². The highest BCUT2D eigenvalue weighted by atomic mass is 16.5. The van der Waals surface area contributed by atoms with Crippen molar-refractivity contribution in [2.75, 3.05) is 14.2 Å². The van der Waals surface area contributed by atoms with Gasteiger partial charge < -0.3 is 15.8 Å². The first-order valence-electron chi connectivity index (χ1n) is 3.65. The van der Waals surface area contributed by atoms with E-state index in [4.69, 9.17) is 5.73 Å². The van der Waals surface area contributed by atoms with E-state index in [2.05, 4.69) is 10.1 Å². The van der Waals surface area contributed by atoms with Crippen LogP contribution in [0, 0.1) is 0 Å². The maximum atomic E-state index is 10.8. The molecule has 0 saturated heterocycles. The molecule has 0 bridgehead atoms. The SMILES string of the molecule is CNC(=O)[C@H](N)CCC(=O)OC. The van der Waals surface area contributed by atoms with Crippen LogP contribution in [-0.2, 0) is 14.3 Å². The predicted molar refractivity (Wildman–Crippen MR) is 43.3 cm³/mol. The molecule has 0 heterocycles. The summed E-state index contributed by atoms with van der Waals surface area (Å²) < 4.78 is 4.39. The lowest BCUT2D eigenvalue weighted by Gasteiger charge is -2.07. The third kappa shape index (κ3) is 3.92. The molecule has 12 heavy (non-hydrogen) atoms. The lowest BCUT2D eigenvalue weighted by Crippen LogP contribution is -2.38. The number of nitrogens with one attached hydrogen (secondary N) is 1. The third-order valence-electron chi connectivity index (χ3n) is 1.47. The van der Waals surface area contributed by atoms with Gasteiger partial charge in [0.05, 0.1) is 13.2 Å². The minimum atomic E-state index is -0.630. The first kappa shape index (κ1) is 10.9. The standard InChI is InChI=1S/C7H14N2O3/c1-9-7(11)5(8)3-4-6(10)12-2/h5H,3-4,8H2,1-2H3,(H,9,11)/t5-/m1/s1. The van der Waals surface area contributed by atoms with Gasteiger partial charge in [0, 0.05) is 13.5 Å². The highest BCUT2D eigenvalue weighted by molar-refractivity contribution is 5.81. The summed E-state index contributed by atoms with van der Waals surface area (Å²) in [6.45, 7) is 0. The van der Waals surface area contributed by atoms with Crippen molar-refractivity contribution in [2.24, 2.45) is 5.73 Å². The van der Waals surface area contributed by atoms with Crippen molar-refractivity contribution in [1.82, 2.24) is 5.32 Å². The topological polar surface area (TPSA) is 81.4 Å². The molecule has 0 spiro atoms. The number of methoxy groups -OCH3 is 1. The van der Waals surface area contributed by atoms with Crippen molar-refractivity contribution in [3.63, 3.8) is 0 Å². The molecule has 70 valence electrons. The summed E-state index contributed by atoms with van der Waals surface area (Å²) in [4.78, 5) is 21.4. The number of likely N-dealkylation sites (N-methyl/N-ethyl adjacent to an activating group) is 1. The van der Waals surface area contributed by atoms with Crippen molar-refractivity contribution in [1.29, 1.82) is 0 Å². The lowest BCUT2D eigenvalue weighted by molar-refractivity contribution is -0.140. The van der Waals surface area contributed by atoms with Crippen molar-refractivity contribution in [2.45, 2.75) is 18.9 Å². The number of nitrogens with two attached hydrogens (primary N) is 1. The monoisotopic (exact) mass is 174 g/mol. The van der Waals surface area contributed by atoms with Crippen molar-refractivity contribution < 1.29 is 14.3 Å². The van der Waals surface area contributed by atoms with Gasteiger partial charge in [-0.1, -0.05) is 0 Å². The fourth-order valence-corrected chi connectivity index (χ4v) is 0.692. The van der Waals surface area contributed by atoms with E-state index in [-0.39, 0.29) is 18.3 Å². The zero-order valence-corrected chi connectivity index (χ0v) is 7.29. The van der Waals surface area contributed by atoms with Crippen LogP contribution in [-0.4, -0.2) is 32.1 Å². The highest BCUT2D eigenvalue weighted by Crippen LogP contribution is 1.95. The van der Waals surface area contributed by atoms with Crippen LogP contribution >= 0.6 is 0 Å². The Balaban J connectivity index is 3.63. The highest BCUT2D eigenvalue weighted by Gasteiger charge is 2.13. The van der Waals surface area contributed by atoms with E-state index in [1.54, 1.807) is 0 Å². The van der Waals surface area contributed by atoms with Crippen LogP contribution < -0.4 is 11.1 Å². The molecule has 0 aliphatic heterocycles. The summed E-state index contributed by atoms with van der Waals surface area (Å²) in [6, 6.07) is -0.630. The minimum absolute atomic E-state index is 0.172. The predicted octanol–water partition coefficient (Wildman–Crippen LogP) is -0.987. The van der Waals surface area contributed by atoms with Crippen LogP contribution in [0.5, 0.6) is 0 Å². The molecule has 1 atom stereocenters. The smallest absolute Gasteiger partial charge is 0.305 e. The molecule has 0 unspecified atom stereocenters. The molecule has 0 radical (unpaired) electrons. The van der Waals surface area contributed by atoms with E-state index in [0.717, 1.165) is 0 Å². The normalized spacial score (nSPS) is 11.9. The third-order valence-corrected chi connectivity index (χ3v) is 1.47. The molecule has 0 aliphatic carbocycles. The molecule has 0 aromatic carbocycles. The van der Waals surface area contributed by atoms with Crippen molar-refractivity contribution in [3.8, 4) is 0 Å². The van der Waals surface area contributed by atoms with E-state index in [1.165, 1.54) is 14.2 Å². The van der Waals surface area contributed by atoms with Gasteiger partial charge in [-0.05, 0) is 6.42 Å². The first-order chi connectivity index (χ1) is 5.61. The number of esters is 1. The van der Waals surface area contributed by atoms with Gasteiger partial charge in [-0.2, -0.15) is 0 Å². The minimum Gasteiger partial charge on any atom is -0.469 e. The summed E-state index contributed by atoms with van der Waals surface area (Å²) in [6.07, 6.45) is 0.484. The van der Waals surface area contributed by atoms with E-state index >= 15 is 0 Å². The van der Waals surface area contributed by atoms with Crippen LogP contribution in [0.3, 0.4) is 0 Å². The number of amides is 1. The molecule has 5 heteroatoms. The Morgan fingerprint density at radius 1 is 1.58 bits per heavy atom. The van der Waals surface area contributed by atoms with Crippen LogP contribution in [0.4, 0.5) is 0 Å². The van der Waals surface area contributed by atoms with Crippen LogP contribution in [0.1, 0.15) is 12.8 Å². The molecule has 0 fully saturated rings. The molecule has 3 N–H and O–H groups in total. The zero-order valence-electron chi connectivity index (χ0n) is 7.29. The number of carbonyl (C=O) groups is 2. The number of hydrogen-bond acceptors (Lipinski definition) is 4. The average Bonchev–Trinajstić information content (AvgIpc) is 2.11. The Morgan fingerprint density at radius 3 is 2.58 bits per heavy atom. The fourth-order valence-electron chi connectivity index (χ4n) is 0.692. The van der Waals surface area contributed by atoms with Gasteiger partial charge in [0.1, 0.15) is 0 Å². The second-order valence-corrected chi connectivity index (χ2v) is 2.34. The van der Waals surface area contributed by atoms with Crippen LogP contribution in [0.25, 0.3) is 0 Å². The second kappa shape index (κ2) is 5.54. The molecular weight excluding hydrogens is 160 g/mol. The molecule has 0 rings (SSSR count). The van der Waals surface area contributed by atoms with Crippen molar-refractivity contribution in [3.05, 3.63) is 0 Å². The van der Waals surface area contributed by atoms with Gasteiger partial charge in [0.2, 0.25) is 5.91 Å².